The Morgan fingerprint density at radius 3 is 2.48 bits per heavy atom. The van der Waals surface area contributed by atoms with E-state index >= 15 is 0 Å². The van der Waals surface area contributed by atoms with Crippen molar-refractivity contribution in [2.75, 3.05) is 17.6 Å². The Morgan fingerprint density at radius 1 is 1.10 bits per heavy atom. The zero-order chi connectivity index (χ0) is 20.6. The predicted octanol–water partition coefficient (Wildman–Crippen LogP) is 3.08. The molecule has 0 unspecified atom stereocenters. The second-order valence-electron chi connectivity index (χ2n) is 6.66. The SMILES string of the molecule is C[C@H](CNC(=O)c1ccc(NC(=O)CSc2nncn2C)cc1)c1ccccc1. The number of benzene rings is 2. The van der Waals surface area contributed by atoms with Gasteiger partial charge in [-0.3, -0.25) is 9.59 Å². The number of aryl methyl sites for hydroxylation is 1. The summed E-state index contributed by atoms with van der Waals surface area (Å²) in [4.78, 5) is 24.4. The van der Waals surface area contributed by atoms with Gasteiger partial charge in [0.05, 0.1) is 5.75 Å². The summed E-state index contributed by atoms with van der Waals surface area (Å²) in [6, 6.07) is 16.9. The number of nitrogens with one attached hydrogen (secondary N) is 2. The highest BCUT2D eigenvalue weighted by atomic mass is 32.2. The average molecular weight is 410 g/mol. The van der Waals surface area contributed by atoms with E-state index in [-0.39, 0.29) is 23.5 Å². The summed E-state index contributed by atoms with van der Waals surface area (Å²) in [5.41, 5.74) is 2.38. The van der Waals surface area contributed by atoms with Gasteiger partial charge in [0, 0.05) is 24.8 Å². The van der Waals surface area contributed by atoms with Crippen LogP contribution in [0.25, 0.3) is 0 Å². The van der Waals surface area contributed by atoms with Crippen LogP contribution in [-0.2, 0) is 11.8 Å². The van der Waals surface area contributed by atoms with Crippen LogP contribution in [0.3, 0.4) is 0 Å². The maximum Gasteiger partial charge on any atom is 0.251 e. The lowest BCUT2D eigenvalue weighted by Gasteiger charge is -2.13. The van der Waals surface area contributed by atoms with Crippen LogP contribution in [0.1, 0.15) is 28.8 Å². The van der Waals surface area contributed by atoms with Crippen molar-refractivity contribution in [3.05, 3.63) is 72.1 Å². The van der Waals surface area contributed by atoms with Gasteiger partial charge in [-0.1, -0.05) is 49.0 Å². The lowest BCUT2D eigenvalue weighted by Crippen LogP contribution is -2.27. The Bertz CT molecular complexity index is 957. The van der Waals surface area contributed by atoms with Crippen LogP contribution in [0.4, 0.5) is 5.69 Å². The van der Waals surface area contributed by atoms with Gasteiger partial charge in [0.15, 0.2) is 5.16 Å². The van der Waals surface area contributed by atoms with E-state index in [9.17, 15) is 9.59 Å². The zero-order valence-electron chi connectivity index (χ0n) is 16.3. The molecule has 8 heteroatoms. The van der Waals surface area contributed by atoms with E-state index in [1.807, 2.05) is 25.2 Å². The Kier molecular flexibility index (Phi) is 7.02. The van der Waals surface area contributed by atoms with Gasteiger partial charge >= 0.3 is 0 Å². The third-order valence-corrected chi connectivity index (χ3v) is 5.40. The first-order chi connectivity index (χ1) is 14.0. The van der Waals surface area contributed by atoms with Gasteiger partial charge in [0.1, 0.15) is 6.33 Å². The summed E-state index contributed by atoms with van der Waals surface area (Å²) < 4.78 is 1.75. The van der Waals surface area contributed by atoms with E-state index in [1.54, 1.807) is 35.2 Å². The quantitative estimate of drug-likeness (QED) is 0.558. The van der Waals surface area contributed by atoms with E-state index < -0.39 is 0 Å². The first-order valence-corrected chi connectivity index (χ1v) is 10.2. The topological polar surface area (TPSA) is 88.9 Å². The molecule has 1 heterocycles. The lowest BCUT2D eigenvalue weighted by atomic mass is 10.0. The van der Waals surface area contributed by atoms with Crippen LogP contribution in [0.15, 0.2) is 66.1 Å². The monoisotopic (exact) mass is 409 g/mol. The van der Waals surface area contributed by atoms with Gasteiger partial charge in [0.25, 0.3) is 5.91 Å². The fourth-order valence-electron chi connectivity index (χ4n) is 2.68. The minimum absolute atomic E-state index is 0.136. The van der Waals surface area contributed by atoms with Crippen LogP contribution in [-0.4, -0.2) is 38.9 Å². The van der Waals surface area contributed by atoms with E-state index in [1.165, 1.54) is 17.3 Å². The Morgan fingerprint density at radius 2 is 1.83 bits per heavy atom. The summed E-state index contributed by atoms with van der Waals surface area (Å²) in [5, 5.41) is 14.1. The predicted molar refractivity (Wildman–Crippen MR) is 114 cm³/mol. The van der Waals surface area contributed by atoms with Crippen LogP contribution in [0, 0.1) is 0 Å². The lowest BCUT2D eigenvalue weighted by molar-refractivity contribution is -0.113. The Hall–Kier alpha value is -3.13. The number of carbonyl (C=O) groups excluding carboxylic acids is 2. The zero-order valence-corrected chi connectivity index (χ0v) is 17.1. The standard InChI is InChI=1S/C21H23N5O2S/c1-15(16-6-4-3-5-7-16)12-22-20(28)17-8-10-18(11-9-17)24-19(27)13-29-21-25-23-14-26(21)2/h3-11,14-15H,12-13H2,1-2H3,(H,22,28)(H,24,27)/t15-/m1/s1. The van der Waals surface area contributed by atoms with Crippen molar-refractivity contribution in [1.82, 2.24) is 20.1 Å². The molecule has 1 aromatic heterocycles. The van der Waals surface area contributed by atoms with Gasteiger partial charge < -0.3 is 15.2 Å². The molecule has 2 N–H and O–H groups in total. The number of aromatic nitrogens is 3. The van der Waals surface area contributed by atoms with Crippen molar-refractivity contribution in [1.29, 1.82) is 0 Å². The number of carbonyl (C=O) groups is 2. The Labute approximate surface area is 173 Å². The van der Waals surface area contributed by atoms with Crippen molar-refractivity contribution in [3.63, 3.8) is 0 Å². The smallest absolute Gasteiger partial charge is 0.251 e. The van der Waals surface area contributed by atoms with Crippen LogP contribution >= 0.6 is 11.8 Å². The molecular weight excluding hydrogens is 386 g/mol. The third kappa shape index (κ3) is 5.92. The minimum atomic E-state index is -0.146. The molecule has 3 rings (SSSR count). The number of thioether (sulfide) groups is 1. The molecule has 1 atom stereocenters. The first kappa shape index (κ1) is 20.6. The van der Waals surface area contributed by atoms with Crippen molar-refractivity contribution in [3.8, 4) is 0 Å². The number of amides is 2. The fourth-order valence-corrected chi connectivity index (χ4v) is 3.37. The molecule has 0 radical (unpaired) electrons. The van der Waals surface area contributed by atoms with Gasteiger partial charge in [-0.2, -0.15) is 0 Å². The summed E-state index contributed by atoms with van der Waals surface area (Å²) in [7, 11) is 1.82. The first-order valence-electron chi connectivity index (χ1n) is 9.23. The van der Waals surface area contributed by atoms with Crippen molar-refractivity contribution in [2.45, 2.75) is 18.0 Å². The van der Waals surface area contributed by atoms with E-state index in [0.717, 1.165) is 0 Å². The second kappa shape index (κ2) is 9.88. The molecular formula is C21H23N5O2S. The van der Waals surface area contributed by atoms with E-state index in [0.29, 0.717) is 23.0 Å². The number of hydrogen-bond donors (Lipinski definition) is 2. The number of hydrogen-bond acceptors (Lipinski definition) is 5. The largest absolute Gasteiger partial charge is 0.351 e. The molecule has 0 bridgehead atoms. The molecule has 0 aliphatic rings. The molecule has 2 aromatic carbocycles. The van der Waals surface area contributed by atoms with Gasteiger partial charge in [-0.05, 0) is 35.7 Å². The van der Waals surface area contributed by atoms with E-state index in [4.69, 9.17) is 0 Å². The molecule has 150 valence electrons. The summed E-state index contributed by atoms with van der Waals surface area (Å²) in [6.07, 6.45) is 1.59. The van der Waals surface area contributed by atoms with Crippen molar-refractivity contribution < 1.29 is 9.59 Å². The summed E-state index contributed by atoms with van der Waals surface area (Å²) in [6.45, 7) is 2.63. The minimum Gasteiger partial charge on any atom is -0.351 e. The highest BCUT2D eigenvalue weighted by molar-refractivity contribution is 7.99. The Balaban J connectivity index is 1.47. The molecule has 3 aromatic rings. The molecule has 0 fully saturated rings. The van der Waals surface area contributed by atoms with Crippen LogP contribution in [0.5, 0.6) is 0 Å². The fraction of sp³-hybridized carbons (Fsp3) is 0.238. The molecule has 0 saturated carbocycles. The third-order valence-electron chi connectivity index (χ3n) is 4.37. The maximum atomic E-state index is 12.4. The van der Waals surface area contributed by atoms with E-state index in [2.05, 4.69) is 39.9 Å². The average Bonchev–Trinajstić information content (AvgIpc) is 3.16. The summed E-state index contributed by atoms with van der Waals surface area (Å²) in [5.74, 6) is 0.173. The maximum absolute atomic E-state index is 12.4. The highest BCUT2D eigenvalue weighted by Crippen LogP contribution is 2.16. The van der Waals surface area contributed by atoms with Crippen molar-refractivity contribution in [2.24, 2.45) is 7.05 Å². The molecule has 0 aliphatic carbocycles. The molecule has 2 amide bonds. The van der Waals surface area contributed by atoms with Crippen LogP contribution in [0.2, 0.25) is 0 Å². The molecule has 0 spiro atoms. The number of rotatable bonds is 8. The number of nitrogens with zero attached hydrogens (tertiary/aromatic N) is 3. The number of anilines is 1. The van der Waals surface area contributed by atoms with Crippen molar-refractivity contribution >= 4 is 29.3 Å². The summed E-state index contributed by atoms with van der Waals surface area (Å²) >= 11 is 1.31. The molecule has 29 heavy (non-hydrogen) atoms. The van der Waals surface area contributed by atoms with Gasteiger partial charge in [-0.15, -0.1) is 10.2 Å². The normalized spacial score (nSPS) is 11.7. The second-order valence-corrected chi connectivity index (χ2v) is 7.60. The van der Waals surface area contributed by atoms with Crippen LogP contribution < -0.4 is 10.6 Å². The molecule has 0 saturated heterocycles. The van der Waals surface area contributed by atoms with Gasteiger partial charge in [0.2, 0.25) is 5.91 Å². The molecule has 0 aliphatic heterocycles. The molecule has 7 nitrogen and oxygen atoms in total. The highest BCUT2D eigenvalue weighted by Gasteiger charge is 2.11. The van der Waals surface area contributed by atoms with Gasteiger partial charge in [-0.25, -0.2) is 0 Å².